The number of carbonyl (C=O) groups excluding carboxylic acids is 3. The molecule has 7 heteroatoms. The molecule has 0 aromatic rings. The van der Waals surface area contributed by atoms with Crippen LogP contribution in [-0.2, 0) is 23.9 Å². The molecule has 3 atom stereocenters. The first-order chi connectivity index (χ1) is 11.2. The molecule has 0 aliphatic heterocycles. The van der Waals surface area contributed by atoms with Gasteiger partial charge in [0.25, 0.3) is 0 Å². The van der Waals surface area contributed by atoms with E-state index in [4.69, 9.17) is 14.6 Å². The number of aliphatic hydroxyl groups is 2. The predicted molar refractivity (Wildman–Crippen MR) is 84.8 cm³/mol. The Morgan fingerprint density at radius 2 is 1.88 bits per heavy atom. The summed E-state index contributed by atoms with van der Waals surface area (Å²) in [7, 11) is 0. The van der Waals surface area contributed by atoms with Crippen LogP contribution >= 0.6 is 0 Å². The molecule has 0 aromatic heterocycles. The third-order valence-corrected chi connectivity index (χ3v) is 3.86. The van der Waals surface area contributed by atoms with Crippen LogP contribution in [0.25, 0.3) is 0 Å². The smallest absolute Gasteiger partial charge is 0.334 e. The van der Waals surface area contributed by atoms with Crippen LogP contribution in [0.3, 0.4) is 0 Å². The van der Waals surface area contributed by atoms with Crippen LogP contribution in [0.4, 0.5) is 0 Å². The van der Waals surface area contributed by atoms with Gasteiger partial charge in [-0.15, -0.1) is 0 Å². The van der Waals surface area contributed by atoms with Gasteiger partial charge in [-0.05, 0) is 25.0 Å². The Hall–Kier alpha value is -1.99. The van der Waals surface area contributed by atoms with Crippen molar-refractivity contribution >= 4 is 17.7 Å². The van der Waals surface area contributed by atoms with E-state index in [-0.39, 0.29) is 23.7 Å². The number of rotatable bonds is 6. The molecule has 0 bridgehead atoms. The maximum atomic E-state index is 12.5. The number of ether oxygens (including phenoxy) is 2. The SMILES string of the molecule is CC(=O)O[C@@H]1C=C(CO)C(=O)[C@@H](OC(=O)/C(C)=C/CO)[C@@H]1C(C)C. The van der Waals surface area contributed by atoms with Crippen LogP contribution in [0.2, 0.25) is 0 Å². The van der Waals surface area contributed by atoms with Gasteiger partial charge in [-0.3, -0.25) is 9.59 Å². The molecule has 0 saturated carbocycles. The normalized spacial score (nSPS) is 24.6. The van der Waals surface area contributed by atoms with Crippen LogP contribution in [-0.4, -0.2) is 53.4 Å². The molecule has 2 N–H and O–H groups in total. The summed E-state index contributed by atoms with van der Waals surface area (Å²) in [6.45, 7) is 5.48. The van der Waals surface area contributed by atoms with E-state index in [2.05, 4.69) is 0 Å². The van der Waals surface area contributed by atoms with Crippen molar-refractivity contribution < 1.29 is 34.1 Å². The standard InChI is InChI=1S/C17H24O7/c1-9(2)14-13(23-11(4)20)7-12(8-19)15(21)16(14)24-17(22)10(3)5-6-18/h5,7,9,13-14,16,18-19H,6,8H2,1-4H3/b10-5+/t13-,14-,16+/m1/s1. The van der Waals surface area contributed by atoms with Gasteiger partial charge < -0.3 is 19.7 Å². The highest BCUT2D eigenvalue weighted by atomic mass is 16.6. The Labute approximate surface area is 140 Å². The van der Waals surface area contributed by atoms with Crippen molar-refractivity contribution in [2.24, 2.45) is 11.8 Å². The number of ketones is 1. The Morgan fingerprint density at radius 3 is 2.33 bits per heavy atom. The van der Waals surface area contributed by atoms with Gasteiger partial charge in [0, 0.05) is 24.0 Å². The van der Waals surface area contributed by atoms with Crippen LogP contribution in [0.15, 0.2) is 23.3 Å². The molecule has 1 rings (SSSR count). The third kappa shape index (κ3) is 4.75. The average molecular weight is 340 g/mol. The molecule has 0 aromatic carbocycles. The fraction of sp³-hybridized carbons (Fsp3) is 0.588. The highest BCUT2D eigenvalue weighted by Gasteiger charge is 2.44. The van der Waals surface area contributed by atoms with E-state index in [1.165, 1.54) is 26.0 Å². The first-order valence-electron chi connectivity index (χ1n) is 7.74. The second-order valence-corrected chi connectivity index (χ2v) is 6.01. The molecule has 0 unspecified atom stereocenters. The number of carbonyl (C=O) groups is 3. The predicted octanol–water partition coefficient (Wildman–Crippen LogP) is 0.542. The number of aliphatic hydroxyl groups excluding tert-OH is 2. The quantitative estimate of drug-likeness (QED) is 0.536. The number of Topliss-reactive ketones (excluding diaryl/α,β-unsaturated/α-hetero) is 1. The molecule has 0 radical (unpaired) electrons. The summed E-state index contributed by atoms with van der Waals surface area (Å²) in [6, 6.07) is 0. The van der Waals surface area contributed by atoms with E-state index in [1.54, 1.807) is 0 Å². The molecule has 7 nitrogen and oxygen atoms in total. The second kappa shape index (κ2) is 8.75. The largest absolute Gasteiger partial charge is 0.458 e. The monoisotopic (exact) mass is 340 g/mol. The minimum Gasteiger partial charge on any atom is -0.458 e. The van der Waals surface area contributed by atoms with Crippen molar-refractivity contribution in [3.63, 3.8) is 0 Å². The van der Waals surface area contributed by atoms with Crippen molar-refractivity contribution in [3.05, 3.63) is 23.3 Å². The second-order valence-electron chi connectivity index (χ2n) is 6.01. The summed E-state index contributed by atoms with van der Waals surface area (Å²) in [4.78, 5) is 35.9. The minimum absolute atomic E-state index is 0.0414. The molecule has 0 spiro atoms. The molecule has 0 heterocycles. The minimum atomic E-state index is -1.17. The van der Waals surface area contributed by atoms with Crippen molar-refractivity contribution in [3.8, 4) is 0 Å². The molecule has 0 saturated heterocycles. The molecule has 134 valence electrons. The lowest BCUT2D eigenvalue weighted by Crippen LogP contribution is -2.48. The van der Waals surface area contributed by atoms with Gasteiger partial charge in [0.15, 0.2) is 6.10 Å². The molecule has 1 aliphatic rings. The van der Waals surface area contributed by atoms with Gasteiger partial charge in [0.05, 0.1) is 13.2 Å². The summed E-state index contributed by atoms with van der Waals surface area (Å²) in [6.07, 6.45) is 0.736. The number of hydrogen-bond acceptors (Lipinski definition) is 7. The lowest BCUT2D eigenvalue weighted by atomic mass is 9.77. The molecule has 0 amide bonds. The first-order valence-corrected chi connectivity index (χ1v) is 7.74. The van der Waals surface area contributed by atoms with E-state index in [0.717, 1.165) is 0 Å². The van der Waals surface area contributed by atoms with Gasteiger partial charge in [-0.2, -0.15) is 0 Å². The van der Waals surface area contributed by atoms with Gasteiger partial charge in [0.1, 0.15) is 6.10 Å². The van der Waals surface area contributed by atoms with Gasteiger partial charge in [0.2, 0.25) is 5.78 Å². The van der Waals surface area contributed by atoms with Gasteiger partial charge >= 0.3 is 11.9 Å². The number of hydrogen-bond donors (Lipinski definition) is 2. The molecule has 24 heavy (non-hydrogen) atoms. The fourth-order valence-corrected chi connectivity index (χ4v) is 2.65. The average Bonchev–Trinajstić information content (AvgIpc) is 2.49. The third-order valence-electron chi connectivity index (χ3n) is 3.86. The van der Waals surface area contributed by atoms with Gasteiger partial charge in [-0.25, -0.2) is 4.79 Å². The molecular formula is C17H24O7. The van der Waals surface area contributed by atoms with Crippen LogP contribution in [0.1, 0.15) is 27.7 Å². The molecule has 0 fully saturated rings. The Morgan fingerprint density at radius 1 is 1.25 bits per heavy atom. The summed E-state index contributed by atoms with van der Waals surface area (Å²) in [5, 5.41) is 18.2. The summed E-state index contributed by atoms with van der Waals surface area (Å²) < 4.78 is 10.6. The zero-order valence-electron chi connectivity index (χ0n) is 14.3. The van der Waals surface area contributed by atoms with E-state index in [9.17, 15) is 19.5 Å². The Kier molecular flexibility index (Phi) is 7.31. The van der Waals surface area contributed by atoms with Crippen LogP contribution in [0.5, 0.6) is 0 Å². The Balaban J connectivity index is 3.20. The van der Waals surface area contributed by atoms with E-state index >= 15 is 0 Å². The zero-order valence-corrected chi connectivity index (χ0v) is 14.3. The summed E-state index contributed by atoms with van der Waals surface area (Å²) >= 11 is 0. The van der Waals surface area contributed by atoms with Crippen molar-refractivity contribution in [1.82, 2.24) is 0 Å². The Bertz CT molecular complexity index is 559. The topological polar surface area (TPSA) is 110 Å². The van der Waals surface area contributed by atoms with E-state index < -0.39 is 42.5 Å². The maximum Gasteiger partial charge on any atom is 0.334 e. The summed E-state index contributed by atoms with van der Waals surface area (Å²) in [5.74, 6) is -2.48. The lowest BCUT2D eigenvalue weighted by molar-refractivity contribution is -0.164. The maximum absolute atomic E-state index is 12.5. The number of esters is 2. The first kappa shape index (κ1) is 20.1. The van der Waals surface area contributed by atoms with Crippen molar-refractivity contribution in [2.75, 3.05) is 13.2 Å². The molecule has 1 aliphatic carbocycles. The van der Waals surface area contributed by atoms with Crippen LogP contribution < -0.4 is 0 Å². The lowest BCUT2D eigenvalue weighted by Gasteiger charge is -2.37. The van der Waals surface area contributed by atoms with Crippen molar-refractivity contribution in [2.45, 2.75) is 39.9 Å². The van der Waals surface area contributed by atoms with Crippen LogP contribution in [0, 0.1) is 11.8 Å². The fourth-order valence-electron chi connectivity index (χ4n) is 2.65. The zero-order chi connectivity index (χ0) is 18.4. The van der Waals surface area contributed by atoms with Crippen molar-refractivity contribution in [1.29, 1.82) is 0 Å². The van der Waals surface area contributed by atoms with E-state index in [0.29, 0.717) is 0 Å². The highest BCUT2D eigenvalue weighted by molar-refractivity contribution is 6.02. The van der Waals surface area contributed by atoms with Gasteiger partial charge in [-0.1, -0.05) is 13.8 Å². The van der Waals surface area contributed by atoms with E-state index in [1.807, 2.05) is 13.8 Å². The highest BCUT2D eigenvalue weighted by Crippen LogP contribution is 2.32. The molecular weight excluding hydrogens is 316 g/mol. The summed E-state index contributed by atoms with van der Waals surface area (Å²) in [5.41, 5.74) is 0.205.